The minimum Gasteiger partial charge on any atom is -0.489 e. The van der Waals surface area contributed by atoms with Gasteiger partial charge in [0.15, 0.2) is 0 Å². The smallest absolute Gasteiger partial charge is 0.264 e. The molecule has 5 heterocycles. The van der Waals surface area contributed by atoms with Crippen LogP contribution in [-0.4, -0.2) is 55.9 Å². The van der Waals surface area contributed by atoms with E-state index in [1.54, 1.807) is 49.1 Å². The van der Waals surface area contributed by atoms with Gasteiger partial charge in [-0.1, -0.05) is 5.92 Å². The normalized spacial score (nSPS) is 14.6. The number of piperidine rings is 1. The minimum absolute atomic E-state index is 0.108. The van der Waals surface area contributed by atoms with Gasteiger partial charge in [0.2, 0.25) is 0 Å². The Morgan fingerprint density at radius 3 is 2.68 bits per heavy atom. The molecule has 4 aromatic heterocycles. The predicted molar refractivity (Wildman–Crippen MR) is 154 cm³/mol. The maximum absolute atomic E-state index is 12.2. The summed E-state index contributed by atoms with van der Waals surface area (Å²) in [6.45, 7) is 7.12. The lowest BCUT2D eigenvalue weighted by Gasteiger charge is -2.36. The molecule has 208 valence electrons. The van der Waals surface area contributed by atoms with Crippen LogP contribution < -0.4 is 15.0 Å². The molecule has 1 amide bonds. The van der Waals surface area contributed by atoms with Gasteiger partial charge in [-0.15, -0.1) is 0 Å². The molecule has 0 spiro atoms. The molecule has 0 atom stereocenters. The highest BCUT2D eigenvalue weighted by atomic mass is 16.5. The number of hydrogen-bond donors (Lipinski definition) is 2. The monoisotopic (exact) mass is 549 g/mol. The van der Waals surface area contributed by atoms with Gasteiger partial charge in [0.05, 0.1) is 34.6 Å². The van der Waals surface area contributed by atoms with Crippen molar-refractivity contribution in [2.45, 2.75) is 39.2 Å². The summed E-state index contributed by atoms with van der Waals surface area (Å²) in [6.07, 6.45) is 9.81. The summed E-state index contributed by atoms with van der Waals surface area (Å²) in [7, 11) is 0. The van der Waals surface area contributed by atoms with Crippen LogP contribution in [0, 0.1) is 28.7 Å². The van der Waals surface area contributed by atoms with Crippen molar-refractivity contribution in [3.63, 3.8) is 0 Å². The second kappa shape index (κ2) is 11.3. The molecule has 1 fully saturated rings. The molecule has 5 rings (SSSR count). The highest BCUT2D eigenvalue weighted by Gasteiger charge is 2.29. The van der Waals surface area contributed by atoms with E-state index in [2.05, 4.69) is 45.3 Å². The Morgan fingerprint density at radius 2 is 2.02 bits per heavy atom. The Balaban J connectivity index is 1.28. The summed E-state index contributed by atoms with van der Waals surface area (Å²) in [5, 5.41) is 26.7. The highest BCUT2D eigenvalue weighted by Crippen LogP contribution is 2.34. The van der Waals surface area contributed by atoms with Crippen LogP contribution in [0.5, 0.6) is 5.75 Å². The molecule has 41 heavy (non-hydrogen) atoms. The minimum atomic E-state index is -0.996. The van der Waals surface area contributed by atoms with Crippen LogP contribution in [0.15, 0.2) is 61.3 Å². The van der Waals surface area contributed by atoms with Gasteiger partial charge >= 0.3 is 0 Å². The van der Waals surface area contributed by atoms with Crippen LogP contribution >= 0.6 is 0 Å². The first-order valence-corrected chi connectivity index (χ1v) is 13.3. The number of aromatic nitrogens is 4. The fraction of sp³-hybridized carbons (Fsp3) is 0.323. The van der Waals surface area contributed by atoms with Crippen molar-refractivity contribution in [1.29, 1.82) is 5.26 Å². The number of hydrogen-bond acceptors (Lipinski definition) is 8. The number of anilines is 1. The van der Waals surface area contributed by atoms with Crippen molar-refractivity contribution in [2.24, 2.45) is 5.41 Å². The summed E-state index contributed by atoms with van der Waals surface area (Å²) in [4.78, 5) is 23.2. The zero-order chi connectivity index (χ0) is 29.0. The topological polar surface area (TPSA) is 129 Å². The number of nitrogens with zero attached hydrogens (tertiary/aromatic N) is 6. The fourth-order valence-electron chi connectivity index (χ4n) is 4.63. The number of amides is 1. The standard InChI is InChI=1S/C31H31N7O3/c1-30(2,40)21-41-25-15-26(28-24(16-32)19-36-38(28)20-25)22-6-7-27(35-18-22)37-13-9-31(3,10-14-37)8-12-34-29(39)23-5-4-11-33-17-23/h4-7,11,15,17-20,40H,9-10,13-14,21H2,1-3H3,(H,34,39). The molecule has 1 saturated heterocycles. The van der Waals surface area contributed by atoms with Gasteiger partial charge < -0.3 is 14.7 Å². The number of pyridine rings is 3. The van der Waals surface area contributed by atoms with E-state index >= 15 is 0 Å². The molecule has 0 unspecified atom stereocenters. The number of nitriles is 1. The van der Waals surface area contributed by atoms with Crippen molar-refractivity contribution < 1.29 is 14.6 Å². The van der Waals surface area contributed by atoms with Gasteiger partial charge in [0.25, 0.3) is 5.91 Å². The molecule has 4 aromatic rings. The molecule has 1 aliphatic heterocycles. The first-order valence-electron chi connectivity index (χ1n) is 13.3. The van der Waals surface area contributed by atoms with Crippen molar-refractivity contribution >= 4 is 17.2 Å². The van der Waals surface area contributed by atoms with Crippen LogP contribution in [0.2, 0.25) is 0 Å². The average Bonchev–Trinajstić information content (AvgIpc) is 3.39. The maximum Gasteiger partial charge on any atom is 0.264 e. The molecule has 0 radical (unpaired) electrons. The number of rotatable bonds is 6. The molecular formula is C31H31N7O3. The summed E-state index contributed by atoms with van der Waals surface area (Å²) in [5.74, 6) is 4.36. The number of fused-ring (bicyclic) bond motifs is 1. The third-order valence-corrected chi connectivity index (χ3v) is 7.01. The zero-order valence-corrected chi connectivity index (χ0v) is 23.3. The van der Waals surface area contributed by atoms with Crippen molar-refractivity contribution in [3.05, 3.63) is 72.4 Å². The quantitative estimate of drug-likeness (QED) is 0.274. The first-order chi connectivity index (χ1) is 19.6. The molecule has 1 aliphatic rings. The lowest BCUT2D eigenvalue weighted by atomic mass is 9.81. The number of ether oxygens (including phenoxy) is 1. The summed E-state index contributed by atoms with van der Waals surface area (Å²) < 4.78 is 7.44. The van der Waals surface area contributed by atoms with Crippen molar-refractivity contribution in [1.82, 2.24) is 24.9 Å². The molecular weight excluding hydrogens is 518 g/mol. The molecule has 2 N–H and O–H groups in total. The Bertz CT molecular complexity index is 1650. The Hall–Kier alpha value is -4.93. The van der Waals surface area contributed by atoms with Crippen molar-refractivity contribution in [2.75, 3.05) is 24.6 Å². The summed E-state index contributed by atoms with van der Waals surface area (Å²) in [6, 6.07) is 14.3. The van der Waals surface area contributed by atoms with Gasteiger partial charge in [-0.25, -0.2) is 9.50 Å². The zero-order valence-electron chi connectivity index (χ0n) is 23.3. The summed E-state index contributed by atoms with van der Waals surface area (Å²) in [5.41, 5.74) is 1.96. The molecule has 10 nitrogen and oxygen atoms in total. The van der Waals surface area contributed by atoms with Gasteiger partial charge in [-0.2, -0.15) is 10.4 Å². The van der Waals surface area contributed by atoms with Crippen LogP contribution in [0.3, 0.4) is 0 Å². The van der Waals surface area contributed by atoms with Crippen LogP contribution in [0.4, 0.5) is 5.82 Å². The Morgan fingerprint density at radius 1 is 1.22 bits per heavy atom. The third kappa shape index (κ3) is 6.46. The Kier molecular flexibility index (Phi) is 7.60. The predicted octanol–water partition coefficient (Wildman–Crippen LogP) is 3.81. The number of aliphatic hydroxyl groups is 1. The second-order valence-corrected chi connectivity index (χ2v) is 11.1. The third-order valence-electron chi connectivity index (χ3n) is 7.01. The van der Waals surface area contributed by atoms with E-state index in [-0.39, 0.29) is 17.9 Å². The average molecular weight is 550 g/mol. The molecule has 0 aromatic carbocycles. The van der Waals surface area contributed by atoms with Crippen molar-refractivity contribution in [3.8, 4) is 34.9 Å². The van der Waals surface area contributed by atoms with Gasteiger partial charge in [-0.05, 0) is 63.9 Å². The highest BCUT2D eigenvalue weighted by molar-refractivity contribution is 5.94. The number of carbonyl (C=O) groups excluding carboxylic acids is 1. The molecule has 0 aliphatic carbocycles. The van der Waals surface area contributed by atoms with Gasteiger partial charge in [0.1, 0.15) is 24.2 Å². The first kappa shape index (κ1) is 27.6. The van der Waals surface area contributed by atoms with E-state index in [1.807, 2.05) is 18.2 Å². The van der Waals surface area contributed by atoms with Crippen LogP contribution in [-0.2, 0) is 0 Å². The Labute approximate surface area is 238 Å². The van der Waals surface area contributed by atoms with Gasteiger partial charge in [-0.3, -0.25) is 15.1 Å². The van der Waals surface area contributed by atoms with Crippen LogP contribution in [0.1, 0.15) is 49.5 Å². The van der Waals surface area contributed by atoms with E-state index in [9.17, 15) is 15.2 Å². The van der Waals surface area contributed by atoms with Gasteiger partial charge in [0, 0.05) is 54.3 Å². The second-order valence-electron chi connectivity index (χ2n) is 11.1. The molecule has 0 saturated carbocycles. The van der Waals surface area contributed by atoms with E-state index in [0.29, 0.717) is 22.4 Å². The van der Waals surface area contributed by atoms with E-state index in [1.165, 1.54) is 12.4 Å². The number of nitrogens with one attached hydrogen (secondary N) is 1. The van der Waals surface area contributed by atoms with E-state index < -0.39 is 5.60 Å². The van der Waals surface area contributed by atoms with E-state index in [0.717, 1.165) is 42.9 Å². The maximum atomic E-state index is 12.2. The van der Waals surface area contributed by atoms with Crippen LogP contribution in [0.25, 0.3) is 16.6 Å². The lowest BCUT2D eigenvalue weighted by molar-refractivity contribution is 0.0283. The fourth-order valence-corrected chi connectivity index (χ4v) is 4.63. The molecule has 0 bridgehead atoms. The summed E-state index contributed by atoms with van der Waals surface area (Å²) >= 11 is 0. The lowest BCUT2D eigenvalue weighted by Crippen LogP contribution is -2.38. The largest absolute Gasteiger partial charge is 0.489 e. The number of carbonyl (C=O) groups is 1. The molecule has 10 heteroatoms. The SMILES string of the molecule is CC(C)(O)COc1cc(-c2ccc(N3CCC(C)(C#CNC(=O)c4cccnc4)CC3)nc2)c2c(C#N)cnn2c1. The van der Waals surface area contributed by atoms with E-state index in [4.69, 9.17) is 9.72 Å².